The first-order chi connectivity index (χ1) is 12.9. The topological polar surface area (TPSA) is 47.6 Å². The fourth-order valence-electron chi connectivity index (χ4n) is 3.84. The molecule has 5 nitrogen and oxygen atoms in total. The molecule has 1 fully saturated rings. The molecule has 1 aromatic carbocycles. The second kappa shape index (κ2) is 7.06. The molecule has 4 rings (SSSR count). The minimum Gasteiger partial charge on any atom is -0.460 e. The lowest BCUT2D eigenvalue weighted by atomic mass is 10.2. The van der Waals surface area contributed by atoms with Gasteiger partial charge in [0.25, 0.3) is 5.91 Å². The maximum absolute atomic E-state index is 13.3. The molecular formula is C21H23ClN2O3. The van der Waals surface area contributed by atoms with Crippen LogP contribution in [0.4, 0.5) is 0 Å². The van der Waals surface area contributed by atoms with Gasteiger partial charge >= 0.3 is 0 Å². The van der Waals surface area contributed by atoms with Crippen LogP contribution in [0.2, 0.25) is 5.02 Å². The number of benzene rings is 1. The number of ether oxygens (including phenoxy) is 1. The van der Waals surface area contributed by atoms with Gasteiger partial charge in [0.05, 0.1) is 17.7 Å². The summed E-state index contributed by atoms with van der Waals surface area (Å²) in [7, 11) is 0. The third kappa shape index (κ3) is 3.62. The van der Waals surface area contributed by atoms with E-state index in [2.05, 4.69) is 0 Å². The highest BCUT2D eigenvalue weighted by Gasteiger charge is 2.29. The van der Waals surface area contributed by atoms with Gasteiger partial charge in [-0.2, -0.15) is 0 Å². The Balaban J connectivity index is 1.73. The number of furan rings is 1. The van der Waals surface area contributed by atoms with Crippen LogP contribution in [0.1, 0.15) is 35.7 Å². The average molecular weight is 387 g/mol. The molecule has 3 heterocycles. The third-order valence-corrected chi connectivity index (χ3v) is 5.10. The standard InChI is InChI=1S/C21H23ClN2O3/c1-13-7-18-20(27-13)9-19(21(25)23-10-14(2)26-15(3)11-23)24(18)12-16-5-4-6-17(22)8-16/h4-9,14-15H,10-12H2,1-3H3/t14-,15-/m1/s1. The van der Waals surface area contributed by atoms with Gasteiger partial charge in [-0.3, -0.25) is 4.79 Å². The van der Waals surface area contributed by atoms with Crippen molar-refractivity contribution >= 4 is 28.6 Å². The first kappa shape index (κ1) is 18.1. The Labute approximate surface area is 163 Å². The van der Waals surface area contributed by atoms with Crippen LogP contribution in [-0.4, -0.2) is 40.7 Å². The number of amides is 1. The van der Waals surface area contributed by atoms with E-state index in [-0.39, 0.29) is 18.1 Å². The zero-order chi connectivity index (χ0) is 19.1. The van der Waals surface area contributed by atoms with E-state index >= 15 is 0 Å². The van der Waals surface area contributed by atoms with Crippen molar-refractivity contribution in [3.8, 4) is 0 Å². The molecule has 0 N–H and O–H groups in total. The predicted octanol–water partition coefficient (Wildman–Crippen LogP) is 4.49. The fraction of sp³-hybridized carbons (Fsp3) is 0.381. The first-order valence-electron chi connectivity index (χ1n) is 9.19. The van der Waals surface area contributed by atoms with Gasteiger partial charge in [0.15, 0.2) is 5.58 Å². The van der Waals surface area contributed by atoms with E-state index in [1.54, 1.807) is 0 Å². The van der Waals surface area contributed by atoms with Gasteiger partial charge in [0.2, 0.25) is 0 Å². The summed E-state index contributed by atoms with van der Waals surface area (Å²) in [6.07, 6.45) is 0.0542. The zero-order valence-electron chi connectivity index (χ0n) is 15.7. The number of carbonyl (C=O) groups is 1. The number of aromatic nitrogens is 1. The van der Waals surface area contributed by atoms with E-state index in [0.29, 0.717) is 30.4 Å². The highest BCUT2D eigenvalue weighted by atomic mass is 35.5. The predicted molar refractivity (Wildman–Crippen MR) is 105 cm³/mol. The molecule has 0 aliphatic carbocycles. The van der Waals surface area contributed by atoms with E-state index in [1.807, 2.05) is 66.6 Å². The van der Waals surface area contributed by atoms with E-state index in [1.165, 1.54) is 0 Å². The van der Waals surface area contributed by atoms with Crippen molar-refractivity contribution in [1.82, 2.24) is 9.47 Å². The van der Waals surface area contributed by atoms with Crippen LogP contribution in [0.25, 0.3) is 11.1 Å². The van der Waals surface area contributed by atoms with Gasteiger partial charge < -0.3 is 18.6 Å². The Bertz CT molecular complexity index is 981. The molecule has 0 bridgehead atoms. The van der Waals surface area contributed by atoms with E-state index < -0.39 is 0 Å². The Morgan fingerprint density at radius 3 is 2.63 bits per heavy atom. The number of nitrogens with zero attached hydrogens (tertiary/aromatic N) is 2. The third-order valence-electron chi connectivity index (χ3n) is 4.87. The molecule has 0 saturated carbocycles. The SMILES string of the molecule is Cc1cc2c(cc(C(=O)N3C[C@@H](C)O[C@H](C)C3)n2Cc2cccc(Cl)c2)o1. The van der Waals surface area contributed by atoms with Gasteiger partial charge in [-0.1, -0.05) is 23.7 Å². The highest BCUT2D eigenvalue weighted by molar-refractivity contribution is 6.30. The average Bonchev–Trinajstić information content (AvgIpc) is 3.11. The minimum atomic E-state index is 0.00285. The monoisotopic (exact) mass is 386 g/mol. The van der Waals surface area contributed by atoms with Gasteiger partial charge in [0, 0.05) is 36.8 Å². The van der Waals surface area contributed by atoms with Crippen molar-refractivity contribution < 1.29 is 13.9 Å². The lowest BCUT2D eigenvalue weighted by Gasteiger charge is -2.35. The van der Waals surface area contributed by atoms with Crippen LogP contribution in [0.15, 0.2) is 40.8 Å². The summed E-state index contributed by atoms with van der Waals surface area (Å²) >= 11 is 6.15. The molecule has 3 aromatic rings. The second-order valence-electron chi connectivity index (χ2n) is 7.32. The summed E-state index contributed by atoms with van der Waals surface area (Å²) < 4.78 is 13.6. The van der Waals surface area contributed by atoms with Crippen molar-refractivity contribution in [3.05, 3.63) is 58.4 Å². The van der Waals surface area contributed by atoms with E-state index in [4.69, 9.17) is 20.8 Å². The highest BCUT2D eigenvalue weighted by Crippen LogP contribution is 2.27. The van der Waals surface area contributed by atoms with Crippen molar-refractivity contribution in [2.24, 2.45) is 0 Å². The van der Waals surface area contributed by atoms with Gasteiger partial charge in [-0.05, 0) is 38.5 Å². The van der Waals surface area contributed by atoms with Gasteiger partial charge in [0.1, 0.15) is 11.5 Å². The van der Waals surface area contributed by atoms with Crippen molar-refractivity contribution in [2.75, 3.05) is 13.1 Å². The Kier molecular flexibility index (Phi) is 4.74. The molecule has 2 atom stereocenters. The molecule has 1 saturated heterocycles. The maximum atomic E-state index is 13.3. The molecule has 27 heavy (non-hydrogen) atoms. The van der Waals surface area contributed by atoms with Crippen LogP contribution in [0.5, 0.6) is 0 Å². The van der Waals surface area contributed by atoms with Gasteiger partial charge in [-0.15, -0.1) is 0 Å². The Hall–Kier alpha value is -2.24. The van der Waals surface area contributed by atoms with Crippen LogP contribution in [0, 0.1) is 6.92 Å². The number of rotatable bonds is 3. The van der Waals surface area contributed by atoms with Crippen LogP contribution >= 0.6 is 11.6 Å². The molecule has 2 aromatic heterocycles. The van der Waals surface area contributed by atoms with Crippen LogP contribution in [-0.2, 0) is 11.3 Å². The smallest absolute Gasteiger partial charge is 0.270 e. The summed E-state index contributed by atoms with van der Waals surface area (Å²) in [6.45, 7) is 7.64. The molecule has 1 aliphatic heterocycles. The second-order valence-corrected chi connectivity index (χ2v) is 7.76. The van der Waals surface area contributed by atoms with E-state index in [9.17, 15) is 4.79 Å². The number of morpholine rings is 1. The normalized spacial score (nSPS) is 20.4. The summed E-state index contributed by atoms with van der Waals surface area (Å²) in [4.78, 5) is 15.2. The summed E-state index contributed by atoms with van der Waals surface area (Å²) in [5.41, 5.74) is 3.32. The number of fused-ring (bicyclic) bond motifs is 1. The largest absolute Gasteiger partial charge is 0.460 e. The van der Waals surface area contributed by atoms with Crippen LogP contribution in [0.3, 0.4) is 0 Å². The number of hydrogen-bond acceptors (Lipinski definition) is 3. The quantitative estimate of drug-likeness (QED) is 0.666. The van der Waals surface area contributed by atoms with Gasteiger partial charge in [-0.25, -0.2) is 0 Å². The van der Waals surface area contributed by atoms with Crippen molar-refractivity contribution in [2.45, 2.75) is 39.5 Å². The number of hydrogen-bond donors (Lipinski definition) is 0. The molecule has 0 radical (unpaired) electrons. The molecule has 1 aliphatic rings. The lowest BCUT2D eigenvalue weighted by Crippen LogP contribution is -2.48. The summed E-state index contributed by atoms with van der Waals surface area (Å²) in [6, 6.07) is 11.5. The number of carbonyl (C=O) groups excluding carboxylic acids is 1. The molecule has 0 unspecified atom stereocenters. The molecule has 142 valence electrons. The minimum absolute atomic E-state index is 0.00285. The lowest BCUT2D eigenvalue weighted by molar-refractivity contribution is -0.0588. The summed E-state index contributed by atoms with van der Waals surface area (Å²) in [5, 5.41) is 0.683. The molecule has 6 heteroatoms. The number of halogens is 1. The zero-order valence-corrected chi connectivity index (χ0v) is 16.5. The fourth-order valence-corrected chi connectivity index (χ4v) is 4.05. The Morgan fingerprint density at radius 1 is 1.19 bits per heavy atom. The van der Waals surface area contributed by atoms with Crippen LogP contribution < -0.4 is 0 Å². The molecular weight excluding hydrogens is 364 g/mol. The summed E-state index contributed by atoms with van der Waals surface area (Å²) in [5.74, 6) is 0.829. The first-order valence-corrected chi connectivity index (χ1v) is 9.57. The van der Waals surface area contributed by atoms with E-state index in [0.717, 1.165) is 22.4 Å². The molecule has 0 spiro atoms. The van der Waals surface area contributed by atoms with Crippen molar-refractivity contribution in [3.63, 3.8) is 0 Å². The maximum Gasteiger partial charge on any atom is 0.270 e. The number of aryl methyl sites for hydroxylation is 1. The Morgan fingerprint density at radius 2 is 1.93 bits per heavy atom. The molecule has 1 amide bonds. The van der Waals surface area contributed by atoms with Crippen molar-refractivity contribution in [1.29, 1.82) is 0 Å².